The molecule has 0 atom stereocenters. The summed E-state index contributed by atoms with van der Waals surface area (Å²) in [5.41, 5.74) is 5.44. The number of halogens is 5. The molecule has 0 saturated carbocycles. The first kappa shape index (κ1) is 30.6. The molecule has 1 amide bonds. The molecule has 224 valence electrons. The molecule has 0 radical (unpaired) electrons. The van der Waals surface area contributed by atoms with Crippen LogP contribution in [0.3, 0.4) is 0 Å². The Morgan fingerprint density at radius 3 is 2.26 bits per heavy atom. The van der Waals surface area contributed by atoms with Gasteiger partial charge in [0.2, 0.25) is 19.9 Å². The highest BCUT2D eigenvalue weighted by atomic mass is 32.2. The summed E-state index contributed by atoms with van der Waals surface area (Å²) in [5.74, 6) is -2.20. The van der Waals surface area contributed by atoms with Crippen LogP contribution in [-0.4, -0.2) is 53.0 Å². The number of fused-ring (bicyclic) bond motifs is 1. The van der Waals surface area contributed by atoms with E-state index in [4.69, 9.17) is 10.5 Å². The average Bonchev–Trinajstić information content (AvgIpc) is 3.25. The monoisotopic (exact) mass is 633 g/mol. The maximum absolute atomic E-state index is 13.5. The summed E-state index contributed by atoms with van der Waals surface area (Å²) < 4.78 is 127. The number of aromatic nitrogens is 1. The van der Waals surface area contributed by atoms with Crippen LogP contribution in [0.1, 0.15) is 10.5 Å². The molecule has 0 aliphatic rings. The first-order valence-corrected chi connectivity index (χ1v) is 14.9. The molecule has 10 nitrogen and oxygen atoms in total. The van der Waals surface area contributed by atoms with Crippen molar-refractivity contribution in [1.82, 2.24) is 4.57 Å². The largest absolute Gasteiger partial charge is 0.573 e. The van der Waals surface area contributed by atoms with Crippen molar-refractivity contribution >= 4 is 42.4 Å². The second-order valence-electron chi connectivity index (χ2n) is 8.77. The smallest absolute Gasteiger partial charge is 0.488 e. The van der Waals surface area contributed by atoms with Crippen LogP contribution in [0, 0.1) is 0 Å². The summed E-state index contributed by atoms with van der Waals surface area (Å²) in [4.78, 5) is 11.1. The van der Waals surface area contributed by atoms with Crippen molar-refractivity contribution in [2.24, 2.45) is 5.73 Å². The van der Waals surface area contributed by atoms with Crippen molar-refractivity contribution in [3.63, 3.8) is 0 Å². The second-order valence-corrected chi connectivity index (χ2v) is 12.5. The van der Waals surface area contributed by atoms with Crippen LogP contribution < -0.4 is 19.9 Å². The number of anilines is 1. The standard InChI is InChI=1S/C25H20F5N3O7S2/c1-41(35,36)32-15-6-5-14-7-22(24(31)34)33(21(14)8-15)16-9-18(39-13-23(26)27)12-20(10-16)42(37,38)19-4-2-3-17(11-19)40-25(28,29)30/h2-12,23,32H,13H2,1H3,(H2,31,34). The lowest BCUT2D eigenvalue weighted by molar-refractivity contribution is -0.274. The van der Waals surface area contributed by atoms with Crippen LogP contribution in [0.25, 0.3) is 16.6 Å². The molecule has 0 spiro atoms. The van der Waals surface area contributed by atoms with Gasteiger partial charge in [-0.25, -0.2) is 25.6 Å². The maximum Gasteiger partial charge on any atom is 0.573 e. The molecule has 0 bridgehead atoms. The molecule has 4 aromatic rings. The predicted octanol–water partition coefficient (Wildman–Crippen LogP) is 4.48. The number of alkyl halides is 5. The number of carbonyl (C=O) groups excluding carboxylic acids is 1. The van der Waals surface area contributed by atoms with Gasteiger partial charge in [0, 0.05) is 11.5 Å². The Bertz CT molecular complexity index is 1890. The van der Waals surface area contributed by atoms with E-state index in [1.165, 1.54) is 24.3 Å². The molecule has 0 fully saturated rings. The Kier molecular flexibility index (Phi) is 8.10. The summed E-state index contributed by atoms with van der Waals surface area (Å²) in [6.07, 6.45) is -7.16. The number of primary amides is 1. The van der Waals surface area contributed by atoms with E-state index in [1.54, 1.807) is 0 Å². The molecule has 0 aliphatic heterocycles. The van der Waals surface area contributed by atoms with E-state index in [0.717, 1.165) is 47.2 Å². The highest BCUT2D eigenvalue weighted by molar-refractivity contribution is 7.92. The predicted molar refractivity (Wildman–Crippen MR) is 140 cm³/mol. The molecule has 17 heteroatoms. The SMILES string of the molecule is CS(=O)(=O)Nc1ccc2cc(C(N)=O)n(-c3cc(OCC(F)F)cc(S(=O)(=O)c4cccc(OC(F)(F)F)c4)c3)c2c1. The lowest BCUT2D eigenvalue weighted by Gasteiger charge is -2.16. The molecular formula is C25H20F5N3O7S2. The third-order valence-electron chi connectivity index (χ3n) is 5.52. The van der Waals surface area contributed by atoms with E-state index >= 15 is 0 Å². The number of ether oxygens (including phenoxy) is 2. The Morgan fingerprint density at radius 1 is 0.952 bits per heavy atom. The topological polar surface area (TPSA) is 147 Å². The highest BCUT2D eigenvalue weighted by Gasteiger charge is 2.32. The van der Waals surface area contributed by atoms with Crippen molar-refractivity contribution in [1.29, 1.82) is 0 Å². The molecule has 3 aromatic carbocycles. The number of nitrogens with two attached hydrogens (primary N) is 1. The van der Waals surface area contributed by atoms with Gasteiger partial charge in [-0.2, -0.15) is 0 Å². The van der Waals surface area contributed by atoms with Gasteiger partial charge in [0.15, 0.2) is 0 Å². The maximum atomic E-state index is 13.5. The number of hydrogen-bond donors (Lipinski definition) is 2. The minimum absolute atomic E-state index is 0.0693. The molecular weight excluding hydrogens is 613 g/mol. The van der Waals surface area contributed by atoms with Gasteiger partial charge in [0.25, 0.3) is 12.3 Å². The van der Waals surface area contributed by atoms with E-state index in [1.807, 2.05) is 0 Å². The van der Waals surface area contributed by atoms with E-state index in [9.17, 15) is 43.6 Å². The van der Waals surface area contributed by atoms with Crippen molar-refractivity contribution in [3.05, 3.63) is 72.4 Å². The highest BCUT2D eigenvalue weighted by Crippen LogP contribution is 2.34. The fourth-order valence-corrected chi connectivity index (χ4v) is 5.90. The summed E-state index contributed by atoms with van der Waals surface area (Å²) in [5, 5.41) is 0.364. The number of amides is 1. The van der Waals surface area contributed by atoms with Gasteiger partial charge in [0.05, 0.1) is 32.9 Å². The fourth-order valence-electron chi connectivity index (χ4n) is 4.00. The van der Waals surface area contributed by atoms with Crippen LogP contribution in [-0.2, 0) is 19.9 Å². The Labute approximate surface area is 235 Å². The number of hydrogen-bond acceptors (Lipinski definition) is 7. The van der Waals surface area contributed by atoms with E-state index in [-0.39, 0.29) is 22.6 Å². The molecule has 1 aromatic heterocycles. The zero-order valence-electron chi connectivity index (χ0n) is 21.2. The zero-order chi connectivity index (χ0) is 31.0. The Balaban J connectivity index is 1.95. The van der Waals surface area contributed by atoms with Crippen molar-refractivity contribution in [2.45, 2.75) is 22.6 Å². The number of sulfonamides is 1. The lowest BCUT2D eigenvalue weighted by Crippen LogP contribution is -2.17. The van der Waals surface area contributed by atoms with Gasteiger partial charge in [-0.15, -0.1) is 13.2 Å². The number of sulfone groups is 1. The van der Waals surface area contributed by atoms with Gasteiger partial charge in [-0.3, -0.25) is 9.52 Å². The molecule has 1 heterocycles. The number of benzene rings is 3. The van der Waals surface area contributed by atoms with Crippen LogP contribution in [0.5, 0.6) is 11.5 Å². The van der Waals surface area contributed by atoms with Crippen LogP contribution in [0.2, 0.25) is 0 Å². The number of nitrogens with zero attached hydrogens (tertiary/aromatic N) is 1. The van der Waals surface area contributed by atoms with Gasteiger partial charge in [-0.1, -0.05) is 12.1 Å². The van der Waals surface area contributed by atoms with Crippen LogP contribution >= 0.6 is 0 Å². The Morgan fingerprint density at radius 2 is 1.64 bits per heavy atom. The summed E-state index contributed by atoms with van der Waals surface area (Å²) in [7, 11) is -8.37. The van der Waals surface area contributed by atoms with Crippen LogP contribution in [0.15, 0.2) is 76.5 Å². The van der Waals surface area contributed by atoms with Crippen molar-refractivity contribution in [3.8, 4) is 17.2 Å². The van der Waals surface area contributed by atoms with Crippen molar-refractivity contribution in [2.75, 3.05) is 17.6 Å². The van der Waals surface area contributed by atoms with E-state index in [2.05, 4.69) is 9.46 Å². The summed E-state index contributed by atoms with van der Waals surface area (Å²) in [6, 6.07) is 12.0. The number of rotatable bonds is 10. The van der Waals surface area contributed by atoms with Gasteiger partial charge in [-0.05, 0) is 48.5 Å². The second kappa shape index (κ2) is 11.1. The normalized spacial score (nSPS) is 12.5. The number of carbonyl (C=O) groups is 1. The van der Waals surface area contributed by atoms with Gasteiger partial charge >= 0.3 is 6.36 Å². The fraction of sp³-hybridized carbons (Fsp3) is 0.160. The van der Waals surface area contributed by atoms with Crippen molar-refractivity contribution < 1.29 is 53.1 Å². The van der Waals surface area contributed by atoms with E-state index in [0.29, 0.717) is 11.5 Å². The Hall–Kier alpha value is -4.38. The summed E-state index contributed by atoms with van der Waals surface area (Å²) >= 11 is 0. The molecule has 3 N–H and O–H groups in total. The van der Waals surface area contributed by atoms with E-state index < -0.39 is 66.5 Å². The molecule has 42 heavy (non-hydrogen) atoms. The molecule has 0 unspecified atom stereocenters. The lowest BCUT2D eigenvalue weighted by atomic mass is 10.2. The zero-order valence-corrected chi connectivity index (χ0v) is 22.9. The molecule has 0 aliphatic carbocycles. The van der Waals surface area contributed by atoms with Crippen LogP contribution in [0.4, 0.5) is 27.6 Å². The summed E-state index contributed by atoms with van der Waals surface area (Å²) in [6.45, 7) is -1.14. The van der Waals surface area contributed by atoms with Gasteiger partial charge < -0.3 is 19.8 Å². The first-order valence-electron chi connectivity index (χ1n) is 11.5. The third-order valence-corrected chi connectivity index (χ3v) is 7.86. The molecule has 0 saturated heterocycles. The molecule has 4 rings (SSSR count). The minimum atomic E-state index is -5.11. The third kappa shape index (κ3) is 7.09. The van der Waals surface area contributed by atoms with Gasteiger partial charge in [0.1, 0.15) is 23.8 Å². The quantitative estimate of drug-likeness (QED) is 0.245. The first-order chi connectivity index (χ1) is 19.4. The average molecular weight is 634 g/mol. The minimum Gasteiger partial charge on any atom is -0.488 e. The number of nitrogens with one attached hydrogen (secondary N) is 1.